The third-order valence-corrected chi connectivity index (χ3v) is 2.61. The van der Waals surface area contributed by atoms with E-state index < -0.39 is 6.04 Å². The van der Waals surface area contributed by atoms with Crippen LogP contribution in [0.25, 0.3) is 0 Å². The van der Waals surface area contributed by atoms with E-state index in [1.807, 2.05) is 0 Å². The first-order chi connectivity index (χ1) is 7.95. The molecule has 0 aliphatic rings. The van der Waals surface area contributed by atoms with Gasteiger partial charge in [-0.15, -0.1) is 0 Å². The third-order valence-electron chi connectivity index (χ3n) is 2.61. The lowest BCUT2D eigenvalue weighted by Gasteiger charge is -2.18. The van der Waals surface area contributed by atoms with Gasteiger partial charge in [0, 0.05) is 5.92 Å². The fourth-order valence-electron chi connectivity index (χ4n) is 1.46. The van der Waals surface area contributed by atoms with Gasteiger partial charge in [0.2, 0.25) is 5.91 Å². The predicted molar refractivity (Wildman–Crippen MR) is 63.9 cm³/mol. The molecule has 94 valence electrons. The van der Waals surface area contributed by atoms with Gasteiger partial charge in [0.05, 0.1) is 12.6 Å². The van der Waals surface area contributed by atoms with Crippen molar-refractivity contribution in [3.05, 3.63) is 35.1 Å². The fourth-order valence-corrected chi connectivity index (χ4v) is 1.46. The van der Waals surface area contributed by atoms with Crippen molar-refractivity contribution >= 4 is 5.91 Å². The second kappa shape index (κ2) is 5.77. The summed E-state index contributed by atoms with van der Waals surface area (Å²) in [5, 5.41) is 12.0. The number of halogens is 1. The van der Waals surface area contributed by atoms with Crippen molar-refractivity contribution < 1.29 is 14.3 Å². The lowest BCUT2D eigenvalue weighted by Crippen LogP contribution is -2.33. The number of benzene rings is 1. The highest BCUT2D eigenvalue weighted by molar-refractivity contribution is 5.78. The maximum Gasteiger partial charge on any atom is 0.223 e. The number of nitrogens with one attached hydrogen (secondary N) is 1. The molecule has 17 heavy (non-hydrogen) atoms. The van der Waals surface area contributed by atoms with Crippen molar-refractivity contribution in [2.45, 2.75) is 26.8 Å². The number of carbonyl (C=O) groups excluding carboxylic acids is 1. The number of hydrogen-bond donors (Lipinski definition) is 2. The van der Waals surface area contributed by atoms with Crippen molar-refractivity contribution in [1.82, 2.24) is 5.32 Å². The van der Waals surface area contributed by atoms with Gasteiger partial charge in [0.25, 0.3) is 0 Å². The standard InChI is InChI=1S/C13H18FNO2/c1-8(2)13(17)15-12(7-16)10-4-5-11(14)9(3)6-10/h4-6,8,12,16H,7H2,1-3H3,(H,15,17). The van der Waals surface area contributed by atoms with Gasteiger partial charge >= 0.3 is 0 Å². The van der Waals surface area contributed by atoms with Gasteiger partial charge in [-0.2, -0.15) is 0 Å². The Bertz CT molecular complexity index is 404. The zero-order valence-corrected chi connectivity index (χ0v) is 10.3. The smallest absolute Gasteiger partial charge is 0.223 e. The Morgan fingerprint density at radius 3 is 2.59 bits per heavy atom. The number of rotatable bonds is 4. The highest BCUT2D eigenvalue weighted by atomic mass is 19.1. The minimum atomic E-state index is -0.482. The molecule has 4 heteroatoms. The van der Waals surface area contributed by atoms with Gasteiger partial charge in [-0.05, 0) is 24.1 Å². The third kappa shape index (κ3) is 3.53. The summed E-state index contributed by atoms with van der Waals surface area (Å²) in [5.41, 5.74) is 1.21. The molecule has 2 N–H and O–H groups in total. The number of aliphatic hydroxyl groups is 1. The molecular weight excluding hydrogens is 221 g/mol. The molecule has 0 radical (unpaired) electrons. The zero-order valence-electron chi connectivity index (χ0n) is 10.3. The summed E-state index contributed by atoms with van der Waals surface area (Å²) in [6, 6.07) is 4.07. The molecule has 1 amide bonds. The summed E-state index contributed by atoms with van der Waals surface area (Å²) in [7, 11) is 0. The Kier molecular flexibility index (Phi) is 4.63. The second-order valence-corrected chi connectivity index (χ2v) is 4.41. The van der Waals surface area contributed by atoms with Crippen LogP contribution in [0.1, 0.15) is 31.0 Å². The van der Waals surface area contributed by atoms with Crippen LogP contribution in [0.2, 0.25) is 0 Å². The lowest BCUT2D eigenvalue weighted by molar-refractivity contribution is -0.125. The van der Waals surface area contributed by atoms with E-state index in [0.717, 1.165) is 0 Å². The zero-order chi connectivity index (χ0) is 13.0. The lowest BCUT2D eigenvalue weighted by atomic mass is 10.0. The number of hydrogen-bond acceptors (Lipinski definition) is 2. The average molecular weight is 239 g/mol. The molecule has 1 aromatic carbocycles. The van der Waals surface area contributed by atoms with Crippen LogP contribution in [-0.2, 0) is 4.79 Å². The Hall–Kier alpha value is -1.42. The number of aryl methyl sites for hydroxylation is 1. The van der Waals surface area contributed by atoms with Crippen molar-refractivity contribution in [1.29, 1.82) is 0 Å². The van der Waals surface area contributed by atoms with Crippen LogP contribution in [-0.4, -0.2) is 17.6 Å². The predicted octanol–water partition coefficient (Wildman–Crippen LogP) is 1.94. The van der Waals surface area contributed by atoms with E-state index in [1.54, 1.807) is 32.9 Å². The molecule has 0 aromatic heterocycles. The van der Waals surface area contributed by atoms with Gasteiger partial charge < -0.3 is 10.4 Å². The van der Waals surface area contributed by atoms with Crippen molar-refractivity contribution in [2.75, 3.05) is 6.61 Å². The summed E-state index contributed by atoms with van der Waals surface area (Å²) >= 11 is 0. The van der Waals surface area contributed by atoms with E-state index in [9.17, 15) is 14.3 Å². The highest BCUT2D eigenvalue weighted by Gasteiger charge is 2.16. The monoisotopic (exact) mass is 239 g/mol. The molecule has 0 spiro atoms. The number of aliphatic hydroxyl groups excluding tert-OH is 1. The van der Waals surface area contributed by atoms with Gasteiger partial charge in [-0.25, -0.2) is 4.39 Å². The Morgan fingerprint density at radius 1 is 1.47 bits per heavy atom. The first-order valence-electron chi connectivity index (χ1n) is 5.63. The molecule has 0 aliphatic heterocycles. The normalized spacial score (nSPS) is 12.6. The topological polar surface area (TPSA) is 49.3 Å². The molecule has 0 heterocycles. The molecular formula is C13H18FNO2. The van der Waals surface area contributed by atoms with E-state index >= 15 is 0 Å². The maximum atomic E-state index is 13.1. The van der Waals surface area contributed by atoms with Crippen LogP contribution in [0.15, 0.2) is 18.2 Å². The summed E-state index contributed by atoms with van der Waals surface area (Å²) in [4.78, 5) is 11.5. The quantitative estimate of drug-likeness (QED) is 0.843. The van der Waals surface area contributed by atoms with E-state index in [0.29, 0.717) is 11.1 Å². The maximum absolute atomic E-state index is 13.1. The Morgan fingerprint density at radius 2 is 2.12 bits per heavy atom. The van der Waals surface area contributed by atoms with Gasteiger partial charge in [0.1, 0.15) is 5.82 Å². The Balaban J connectivity index is 2.86. The molecule has 0 saturated carbocycles. The molecule has 1 rings (SSSR count). The summed E-state index contributed by atoms with van der Waals surface area (Å²) in [6.45, 7) is 5.00. The Labute approximate surface area is 101 Å². The molecule has 1 unspecified atom stereocenters. The summed E-state index contributed by atoms with van der Waals surface area (Å²) in [5.74, 6) is -0.572. The van der Waals surface area contributed by atoms with Crippen LogP contribution in [0.4, 0.5) is 4.39 Å². The van der Waals surface area contributed by atoms with Crippen LogP contribution < -0.4 is 5.32 Å². The van der Waals surface area contributed by atoms with Gasteiger partial charge in [-0.3, -0.25) is 4.79 Å². The number of carbonyl (C=O) groups is 1. The van der Waals surface area contributed by atoms with Gasteiger partial charge in [-0.1, -0.05) is 26.0 Å². The summed E-state index contributed by atoms with van der Waals surface area (Å²) in [6.07, 6.45) is 0. The van der Waals surface area contributed by atoms with Crippen molar-refractivity contribution in [2.24, 2.45) is 5.92 Å². The van der Waals surface area contributed by atoms with Crippen LogP contribution >= 0.6 is 0 Å². The van der Waals surface area contributed by atoms with Crippen molar-refractivity contribution in [3.63, 3.8) is 0 Å². The minimum Gasteiger partial charge on any atom is -0.394 e. The SMILES string of the molecule is Cc1cc(C(CO)NC(=O)C(C)C)ccc1F. The largest absolute Gasteiger partial charge is 0.394 e. The molecule has 0 fully saturated rings. The van der Waals surface area contributed by atoms with Crippen molar-refractivity contribution in [3.8, 4) is 0 Å². The van der Waals surface area contributed by atoms with Crippen LogP contribution in [0.3, 0.4) is 0 Å². The fraction of sp³-hybridized carbons (Fsp3) is 0.462. The van der Waals surface area contributed by atoms with E-state index in [2.05, 4.69) is 5.32 Å². The number of amides is 1. The molecule has 0 saturated heterocycles. The van der Waals surface area contributed by atoms with E-state index in [1.165, 1.54) is 6.07 Å². The molecule has 0 bridgehead atoms. The average Bonchev–Trinajstić information content (AvgIpc) is 2.29. The molecule has 1 atom stereocenters. The minimum absolute atomic E-state index is 0.133. The molecule has 0 aliphatic carbocycles. The highest BCUT2D eigenvalue weighted by Crippen LogP contribution is 2.17. The first kappa shape index (κ1) is 13.6. The van der Waals surface area contributed by atoms with Gasteiger partial charge in [0.15, 0.2) is 0 Å². The summed E-state index contributed by atoms with van der Waals surface area (Å²) < 4.78 is 13.1. The van der Waals surface area contributed by atoms with Crippen LogP contribution in [0.5, 0.6) is 0 Å². The van der Waals surface area contributed by atoms with E-state index in [4.69, 9.17) is 0 Å². The van der Waals surface area contributed by atoms with E-state index in [-0.39, 0.29) is 24.2 Å². The molecule has 3 nitrogen and oxygen atoms in total. The first-order valence-corrected chi connectivity index (χ1v) is 5.63. The molecule has 1 aromatic rings. The second-order valence-electron chi connectivity index (χ2n) is 4.41. The van der Waals surface area contributed by atoms with Crippen LogP contribution in [0, 0.1) is 18.7 Å².